The first-order valence-electron chi connectivity index (χ1n) is 14.5. The number of nitrogens with zero attached hydrogens (tertiary/aromatic N) is 7. The van der Waals surface area contributed by atoms with Crippen molar-refractivity contribution in [2.24, 2.45) is 0 Å². The average Bonchev–Trinajstić information content (AvgIpc) is 3.80. The predicted octanol–water partition coefficient (Wildman–Crippen LogP) is -2.72. The van der Waals surface area contributed by atoms with E-state index in [2.05, 4.69) is 34.4 Å². The molecule has 0 radical (unpaired) electrons. The van der Waals surface area contributed by atoms with Gasteiger partial charge in [-0.25, -0.2) is 29.1 Å². The smallest absolute Gasteiger partial charge is 0.387 e. The van der Waals surface area contributed by atoms with Gasteiger partial charge in [-0.3, -0.25) is 32.5 Å². The van der Waals surface area contributed by atoms with Gasteiger partial charge in [-0.1, -0.05) is 0 Å². The van der Waals surface area contributed by atoms with Crippen molar-refractivity contribution in [3.8, 4) is 0 Å². The number of fused-ring (bicyclic) bond motifs is 2. The molecule has 25 nitrogen and oxygen atoms in total. The summed E-state index contributed by atoms with van der Waals surface area (Å²) >= 11 is 0. The molecular formula is C23H32N10O15P2. The van der Waals surface area contributed by atoms with Crippen LogP contribution in [0.15, 0.2) is 23.8 Å². The maximum atomic E-state index is 13.4. The number of anilines is 2. The van der Waals surface area contributed by atoms with Crippen LogP contribution in [0.1, 0.15) is 12.5 Å². The topological polar surface area (TPSA) is 359 Å². The van der Waals surface area contributed by atoms with E-state index < -0.39 is 83.5 Å². The SMILES string of the molecule is COCCO[C@H]1C(OP(=O)(O)OC[C@H]2O[C@@H](n3cnc4c(=O)[nH]c(N)nc43)[C@@H](O)C2O)[C@@H](COP(=O)(O)O)O[C@H]1n1cnc2c(N)ncnc21. The number of nitrogens with two attached hydrogens (primary N) is 2. The summed E-state index contributed by atoms with van der Waals surface area (Å²) in [6, 6.07) is 0. The predicted molar refractivity (Wildman–Crippen MR) is 162 cm³/mol. The molecule has 9 atom stereocenters. The molecule has 50 heavy (non-hydrogen) atoms. The van der Waals surface area contributed by atoms with Crippen molar-refractivity contribution >= 4 is 49.7 Å². The fourth-order valence-corrected chi connectivity index (χ4v) is 6.74. The van der Waals surface area contributed by atoms with Crippen molar-refractivity contribution in [3.63, 3.8) is 0 Å². The van der Waals surface area contributed by atoms with Crippen LogP contribution in [0.2, 0.25) is 0 Å². The van der Waals surface area contributed by atoms with Crippen molar-refractivity contribution in [1.29, 1.82) is 0 Å². The molecule has 0 aromatic carbocycles. The highest BCUT2D eigenvalue weighted by atomic mass is 31.2. The van der Waals surface area contributed by atoms with Crippen LogP contribution in [0.3, 0.4) is 0 Å². The summed E-state index contributed by atoms with van der Waals surface area (Å²) in [5, 5.41) is 21.4. The highest BCUT2D eigenvalue weighted by Gasteiger charge is 2.52. The molecule has 2 saturated heterocycles. The van der Waals surface area contributed by atoms with Gasteiger partial charge in [-0.15, -0.1) is 0 Å². The third kappa shape index (κ3) is 7.42. The zero-order chi connectivity index (χ0) is 36.0. The van der Waals surface area contributed by atoms with E-state index in [0.29, 0.717) is 0 Å². The minimum absolute atomic E-state index is 0.0324. The summed E-state index contributed by atoms with van der Waals surface area (Å²) in [5.74, 6) is -0.216. The van der Waals surface area contributed by atoms with Crippen molar-refractivity contribution in [1.82, 2.24) is 39.0 Å². The van der Waals surface area contributed by atoms with E-state index in [1.807, 2.05) is 0 Å². The molecule has 10 N–H and O–H groups in total. The molecule has 0 bridgehead atoms. The zero-order valence-electron chi connectivity index (χ0n) is 25.7. The van der Waals surface area contributed by atoms with Crippen molar-refractivity contribution < 1.29 is 66.5 Å². The molecule has 6 heterocycles. The second-order valence-electron chi connectivity index (χ2n) is 10.9. The Hall–Kier alpha value is -3.52. The number of phosphoric ester groups is 2. The molecule has 27 heteroatoms. The number of nitrogen functional groups attached to an aromatic ring is 2. The van der Waals surface area contributed by atoms with Gasteiger partial charge in [0.05, 0.1) is 39.1 Å². The van der Waals surface area contributed by atoms with E-state index in [4.69, 9.17) is 39.5 Å². The van der Waals surface area contributed by atoms with E-state index in [1.165, 1.54) is 18.0 Å². The number of rotatable bonds is 14. The standard InChI is InChI=1S/C23H32N10O15P2/c1-42-2-3-43-16-15(10(5-44-49(37,38)39)47-22(16)32-7-28-11-17(24)26-6-27-18(11)32)48-50(40,41)45-4-9-13(34)14(35)21(46-9)33-8-29-12-19(33)30-23(25)31-20(12)36/h6-10,13-16,21-22,34-35H,2-5H2,1H3,(H,40,41)(H2,24,26,27)(H2,37,38,39)(H3,25,30,31,36)/t9-,10-,13?,14+,15?,16+,21-,22-/m1/s1. The first kappa shape index (κ1) is 36.3. The van der Waals surface area contributed by atoms with Crippen LogP contribution in [0.25, 0.3) is 22.3 Å². The van der Waals surface area contributed by atoms with Crippen molar-refractivity contribution in [2.75, 3.05) is 45.0 Å². The first-order chi connectivity index (χ1) is 23.7. The van der Waals surface area contributed by atoms with E-state index in [1.54, 1.807) is 0 Å². The number of aromatic nitrogens is 8. The fraction of sp³-hybridized carbons (Fsp3) is 0.565. The molecule has 2 aliphatic rings. The number of hydrogen-bond acceptors (Lipinski definition) is 19. The van der Waals surface area contributed by atoms with Crippen LogP contribution in [-0.4, -0.2) is 134 Å². The van der Waals surface area contributed by atoms with Crippen LogP contribution < -0.4 is 17.0 Å². The summed E-state index contributed by atoms with van der Waals surface area (Å²) in [6.45, 7) is -1.73. The number of imidazole rings is 2. The molecule has 3 unspecified atom stereocenters. The van der Waals surface area contributed by atoms with Gasteiger partial charge in [0.25, 0.3) is 5.56 Å². The first-order valence-corrected chi connectivity index (χ1v) is 17.5. The van der Waals surface area contributed by atoms with Gasteiger partial charge in [0.2, 0.25) is 5.95 Å². The molecule has 0 aliphatic carbocycles. The quantitative estimate of drug-likeness (QED) is 0.0479. The average molecular weight is 751 g/mol. The number of H-pyrrole nitrogens is 1. The van der Waals surface area contributed by atoms with Crippen LogP contribution in [0.5, 0.6) is 0 Å². The number of methoxy groups -OCH3 is 1. The zero-order valence-corrected chi connectivity index (χ0v) is 27.5. The molecule has 2 aliphatic heterocycles. The molecule has 6 rings (SSSR count). The van der Waals surface area contributed by atoms with Gasteiger partial charge in [0.1, 0.15) is 48.5 Å². The maximum absolute atomic E-state index is 13.4. The van der Waals surface area contributed by atoms with Gasteiger partial charge in [-0.2, -0.15) is 4.98 Å². The van der Waals surface area contributed by atoms with Gasteiger partial charge in [0.15, 0.2) is 35.1 Å². The Bertz CT molecular complexity index is 1990. The number of aromatic amines is 1. The van der Waals surface area contributed by atoms with Crippen LogP contribution in [-0.2, 0) is 41.6 Å². The second kappa shape index (κ2) is 14.2. The number of hydrogen-bond donors (Lipinski definition) is 8. The van der Waals surface area contributed by atoms with Crippen LogP contribution in [0, 0.1) is 0 Å². The Kier molecular flexibility index (Phi) is 10.3. The molecule has 4 aromatic heterocycles. The minimum Gasteiger partial charge on any atom is -0.387 e. The molecule has 0 amide bonds. The lowest BCUT2D eigenvalue weighted by molar-refractivity contribution is -0.0794. The van der Waals surface area contributed by atoms with Crippen LogP contribution >= 0.6 is 15.6 Å². The Morgan fingerprint density at radius 1 is 0.880 bits per heavy atom. The van der Waals surface area contributed by atoms with Crippen LogP contribution in [0.4, 0.5) is 11.8 Å². The number of nitrogens with one attached hydrogen (secondary N) is 1. The summed E-state index contributed by atoms with van der Waals surface area (Å²) in [7, 11) is -8.86. The number of ether oxygens (including phenoxy) is 4. The highest BCUT2D eigenvalue weighted by molar-refractivity contribution is 7.47. The van der Waals surface area contributed by atoms with E-state index in [9.17, 15) is 38.8 Å². The molecule has 2 fully saturated rings. The van der Waals surface area contributed by atoms with Gasteiger partial charge >= 0.3 is 15.6 Å². The lowest BCUT2D eigenvalue weighted by Crippen LogP contribution is -2.39. The number of phosphoric acid groups is 2. The second-order valence-corrected chi connectivity index (χ2v) is 13.6. The lowest BCUT2D eigenvalue weighted by atomic mass is 10.1. The lowest BCUT2D eigenvalue weighted by Gasteiger charge is -2.27. The Balaban J connectivity index is 1.22. The van der Waals surface area contributed by atoms with E-state index in [0.717, 1.165) is 17.2 Å². The fourth-order valence-electron chi connectivity index (χ4n) is 5.44. The van der Waals surface area contributed by atoms with Crippen molar-refractivity contribution in [3.05, 3.63) is 29.3 Å². The maximum Gasteiger partial charge on any atom is 0.472 e. The number of aliphatic hydroxyl groups is 2. The van der Waals surface area contributed by atoms with E-state index in [-0.39, 0.29) is 47.3 Å². The third-order valence-electron chi connectivity index (χ3n) is 7.67. The molecule has 0 saturated carbocycles. The third-order valence-corrected chi connectivity index (χ3v) is 9.14. The highest BCUT2D eigenvalue weighted by Crippen LogP contribution is 2.50. The number of aliphatic hydroxyl groups excluding tert-OH is 2. The molecule has 4 aromatic rings. The Morgan fingerprint density at radius 3 is 2.28 bits per heavy atom. The summed E-state index contributed by atoms with van der Waals surface area (Å²) in [4.78, 5) is 64.2. The minimum atomic E-state index is -5.19. The monoisotopic (exact) mass is 750 g/mol. The molecular weight excluding hydrogens is 718 g/mol. The van der Waals surface area contributed by atoms with Crippen molar-refractivity contribution in [2.45, 2.75) is 49.1 Å². The Morgan fingerprint density at radius 2 is 1.56 bits per heavy atom. The van der Waals surface area contributed by atoms with Gasteiger partial charge < -0.3 is 55.3 Å². The molecule has 0 spiro atoms. The summed E-state index contributed by atoms with van der Waals surface area (Å²) in [5.41, 5.74) is 11.0. The summed E-state index contributed by atoms with van der Waals surface area (Å²) < 4.78 is 65.4. The largest absolute Gasteiger partial charge is 0.472 e. The summed E-state index contributed by atoms with van der Waals surface area (Å²) in [6.07, 6.45) is -8.25. The Labute approximate surface area is 278 Å². The van der Waals surface area contributed by atoms with Gasteiger partial charge in [0, 0.05) is 7.11 Å². The molecule has 274 valence electrons. The normalized spacial score (nSPS) is 28.5. The van der Waals surface area contributed by atoms with Gasteiger partial charge in [-0.05, 0) is 0 Å². The van der Waals surface area contributed by atoms with E-state index >= 15 is 0 Å².